The van der Waals surface area contributed by atoms with Crippen LogP contribution in [0.4, 0.5) is 0 Å². The second kappa shape index (κ2) is 8.40. The minimum absolute atomic E-state index is 0.103. The van der Waals surface area contributed by atoms with Gasteiger partial charge < -0.3 is 13.9 Å². The lowest BCUT2D eigenvalue weighted by Crippen LogP contribution is -2.44. The van der Waals surface area contributed by atoms with E-state index in [0.717, 1.165) is 18.4 Å². The average Bonchev–Trinajstić information content (AvgIpc) is 3.16. The molecule has 3 unspecified atom stereocenters. The maximum absolute atomic E-state index is 12.8. The van der Waals surface area contributed by atoms with Crippen LogP contribution in [-0.2, 0) is 23.5 Å². The van der Waals surface area contributed by atoms with E-state index >= 15 is 0 Å². The maximum atomic E-state index is 12.8. The molecule has 1 aliphatic carbocycles. The van der Waals surface area contributed by atoms with Gasteiger partial charge in [0.25, 0.3) is 0 Å². The maximum Gasteiger partial charge on any atom is 0.305 e. The summed E-state index contributed by atoms with van der Waals surface area (Å²) in [4.78, 5) is 24.2. The highest BCUT2D eigenvalue weighted by Gasteiger charge is 2.63. The van der Waals surface area contributed by atoms with Gasteiger partial charge >= 0.3 is 5.97 Å². The molecular formula is C22H40O5Si2. The number of Topliss-reactive ketones (excluding diaryl/α,β-unsaturated/α-hetero) is 1. The molecule has 0 saturated carbocycles. The first kappa shape index (κ1) is 24.5. The van der Waals surface area contributed by atoms with Crippen molar-refractivity contribution in [3.63, 3.8) is 0 Å². The standard InChI is InChI=1S/C22H40O5Si2/c1-21(2,3)29(8,9)27-17-13-16(18(23)14-17)15-22(28(5,6)7)19(26-22)11-10-12-20(24)25-4/h13,17,19H,10-12,14-15H2,1-9H3. The summed E-state index contributed by atoms with van der Waals surface area (Å²) in [5, 5.41) is -0.0903. The van der Waals surface area contributed by atoms with Crippen LogP contribution >= 0.6 is 0 Å². The molecule has 5 nitrogen and oxygen atoms in total. The van der Waals surface area contributed by atoms with Gasteiger partial charge in [-0.25, -0.2) is 0 Å². The van der Waals surface area contributed by atoms with Crippen LogP contribution in [-0.4, -0.2) is 52.7 Å². The third kappa shape index (κ3) is 5.48. The molecule has 0 N–H and O–H groups in total. The number of esters is 1. The lowest BCUT2D eigenvalue weighted by Gasteiger charge is -2.37. The Balaban J connectivity index is 2.06. The zero-order valence-electron chi connectivity index (χ0n) is 19.8. The summed E-state index contributed by atoms with van der Waals surface area (Å²) in [5.41, 5.74) is 0.881. The van der Waals surface area contributed by atoms with E-state index in [-0.39, 0.29) is 34.2 Å². The lowest BCUT2D eigenvalue weighted by molar-refractivity contribution is -0.140. The van der Waals surface area contributed by atoms with E-state index in [2.05, 4.69) is 59.6 Å². The zero-order valence-corrected chi connectivity index (χ0v) is 21.8. The van der Waals surface area contributed by atoms with Crippen molar-refractivity contribution in [2.75, 3.05) is 7.11 Å². The van der Waals surface area contributed by atoms with Crippen LogP contribution in [0.25, 0.3) is 0 Å². The number of carbonyl (C=O) groups is 2. The number of epoxide rings is 1. The summed E-state index contributed by atoms with van der Waals surface area (Å²) >= 11 is 0. The van der Waals surface area contributed by atoms with Gasteiger partial charge in [0.05, 0.1) is 32.6 Å². The SMILES string of the molecule is COC(=O)CCCC1OC1(CC1=CC(O[Si](C)(C)C(C)(C)C)CC1=O)[Si](C)(C)C. The molecule has 0 bridgehead atoms. The second-order valence-corrected chi connectivity index (χ2v) is 21.2. The van der Waals surface area contributed by atoms with E-state index in [4.69, 9.17) is 13.9 Å². The van der Waals surface area contributed by atoms with Gasteiger partial charge in [0.2, 0.25) is 0 Å². The fourth-order valence-electron chi connectivity index (χ4n) is 3.89. The Morgan fingerprint density at radius 1 is 1.24 bits per heavy atom. The first-order valence-electron chi connectivity index (χ1n) is 10.8. The first-order chi connectivity index (χ1) is 13.1. The van der Waals surface area contributed by atoms with Crippen molar-refractivity contribution in [3.8, 4) is 0 Å². The molecule has 3 atom stereocenters. The van der Waals surface area contributed by atoms with E-state index in [1.807, 2.05) is 0 Å². The molecule has 1 saturated heterocycles. The quantitative estimate of drug-likeness (QED) is 0.286. The number of methoxy groups -OCH3 is 1. The molecule has 1 fully saturated rings. The first-order valence-corrected chi connectivity index (χ1v) is 17.2. The molecule has 0 radical (unpaired) electrons. The highest BCUT2D eigenvalue weighted by Crippen LogP contribution is 2.52. The number of carbonyl (C=O) groups excluding carboxylic acids is 2. The van der Waals surface area contributed by atoms with Gasteiger partial charge in [-0.3, -0.25) is 9.59 Å². The van der Waals surface area contributed by atoms with Gasteiger partial charge in [0.1, 0.15) is 0 Å². The topological polar surface area (TPSA) is 65.1 Å². The van der Waals surface area contributed by atoms with Gasteiger partial charge in [0.15, 0.2) is 14.1 Å². The van der Waals surface area contributed by atoms with E-state index in [1.165, 1.54) is 7.11 Å². The third-order valence-corrected chi connectivity index (χ3v) is 14.7. The Morgan fingerprint density at radius 3 is 2.38 bits per heavy atom. The minimum Gasteiger partial charge on any atom is -0.469 e. The van der Waals surface area contributed by atoms with Crippen molar-refractivity contribution in [1.82, 2.24) is 0 Å². The van der Waals surface area contributed by atoms with Crippen LogP contribution in [0.2, 0.25) is 37.8 Å². The Hall–Kier alpha value is -0.766. The number of rotatable bonds is 9. The molecule has 166 valence electrons. The summed E-state index contributed by atoms with van der Waals surface area (Å²) in [5.74, 6) is 0.0266. The Morgan fingerprint density at radius 2 is 1.86 bits per heavy atom. The molecule has 2 rings (SSSR count). The van der Waals surface area contributed by atoms with Gasteiger partial charge in [-0.05, 0) is 42.6 Å². The fourth-order valence-corrected chi connectivity index (χ4v) is 7.48. The van der Waals surface area contributed by atoms with Crippen molar-refractivity contribution in [3.05, 3.63) is 11.6 Å². The van der Waals surface area contributed by atoms with Crippen molar-refractivity contribution < 1.29 is 23.5 Å². The van der Waals surface area contributed by atoms with E-state index in [1.54, 1.807) is 0 Å². The summed E-state index contributed by atoms with van der Waals surface area (Å²) in [7, 11) is -2.18. The van der Waals surface area contributed by atoms with Crippen LogP contribution in [0.1, 0.15) is 52.9 Å². The van der Waals surface area contributed by atoms with Gasteiger partial charge in [-0.15, -0.1) is 0 Å². The van der Waals surface area contributed by atoms with Gasteiger partial charge in [-0.1, -0.05) is 40.4 Å². The van der Waals surface area contributed by atoms with E-state index in [9.17, 15) is 9.59 Å². The molecule has 0 aromatic heterocycles. The monoisotopic (exact) mass is 440 g/mol. The second-order valence-electron chi connectivity index (χ2n) is 11.1. The molecule has 1 heterocycles. The third-order valence-electron chi connectivity index (χ3n) is 7.00. The average molecular weight is 441 g/mol. The number of ether oxygens (including phenoxy) is 2. The molecule has 0 amide bonds. The number of hydrogen-bond acceptors (Lipinski definition) is 5. The Labute approximate surface area is 178 Å². The Kier molecular flexibility index (Phi) is 7.10. The molecule has 2 aliphatic rings. The smallest absolute Gasteiger partial charge is 0.305 e. The van der Waals surface area contributed by atoms with Crippen LogP contribution in [0.3, 0.4) is 0 Å². The number of ketones is 1. The number of hydrogen-bond donors (Lipinski definition) is 0. The van der Waals surface area contributed by atoms with Crippen molar-refractivity contribution in [2.45, 2.75) is 108 Å². The van der Waals surface area contributed by atoms with E-state index < -0.39 is 16.4 Å². The highest BCUT2D eigenvalue weighted by atomic mass is 28.4. The molecule has 29 heavy (non-hydrogen) atoms. The van der Waals surface area contributed by atoms with Crippen LogP contribution < -0.4 is 0 Å². The van der Waals surface area contributed by atoms with Gasteiger partial charge in [-0.2, -0.15) is 0 Å². The molecule has 7 heteroatoms. The molecule has 0 aromatic carbocycles. The predicted octanol–water partition coefficient (Wildman–Crippen LogP) is 5.02. The van der Waals surface area contributed by atoms with Crippen LogP contribution in [0.5, 0.6) is 0 Å². The molecule has 0 spiro atoms. The Bertz CT molecular complexity index is 672. The largest absolute Gasteiger partial charge is 0.469 e. The fraction of sp³-hybridized carbons (Fsp3) is 0.818. The lowest BCUT2D eigenvalue weighted by atomic mass is 10.0. The minimum atomic E-state index is -1.92. The molecule has 0 aromatic rings. The highest BCUT2D eigenvalue weighted by molar-refractivity contribution is 6.80. The molecular weight excluding hydrogens is 400 g/mol. The van der Waals surface area contributed by atoms with Crippen molar-refractivity contribution >= 4 is 28.1 Å². The summed E-state index contributed by atoms with van der Waals surface area (Å²) < 4.78 is 17.5. The summed E-state index contributed by atoms with van der Waals surface area (Å²) in [6.07, 6.45) is 5.25. The van der Waals surface area contributed by atoms with E-state index in [0.29, 0.717) is 19.3 Å². The van der Waals surface area contributed by atoms with Crippen LogP contribution in [0, 0.1) is 0 Å². The van der Waals surface area contributed by atoms with Gasteiger partial charge in [0, 0.05) is 19.3 Å². The predicted molar refractivity (Wildman–Crippen MR) is 121 cm³/mol. The molecule has 1 aliphatic heterocycles. The van der Waals surface area contributed by atoms with Crippen molar-refractivity contribution in [1.29, 1.82) is 0 Å². The zero-order chi connectivity index (χ0) is 22.3. The summed E-state index contributed by atoms with van der Waals surface area (Å²) in [6, 6.07) is 0. The summed E-state index contributed by atoms with van der Waals surface area (Å²) in [6.45, 7) is 18.0. The van der Waals surface area contributed by atoms with Crippen molar-refractivity contribution in [2.24, 2.45) is 0 Å². The van der Waals surface area contributed by atoms with Crippen LogP contribution in [0.15, 0.2) is 11.6 Å². The normalized spacial score (nSPS) is 27.8.